The zero-order chi connectivity index (χ0) is 22.3. The van der Waals surface area contributed by atoms with Gasteiger partial charge >= 0.3 is 0 Å². The van der Waals surface area contributed by atoms with E-state index in [4.69, 9.17) is 4.98 Å². The predicted molar refractivity (Wildman–Crippen MR) is 118 cm³/mol. The van der Waals surface area contributed by atoms with E-state index >= 15 is 0 Å². The molecule has 4 rings (SSSR count). The SMILES string of the molecule is Cc1ccc2c(n1)C(C)(C)CN2C(=O)[C@H]1CC[C@H](N(C)Cc2cc(F)ccc2F)CC1. The molecule has 6 heteroatoms. The van der Waals surface area contributed by atoms with E-state index in [1.54, 1.807) is 0 Å². The average molecular weight is 428 g/mol. The van der Waals surface area contributed by atoms with E-state index in [1.165, 1.54) is 12.1 Å². The minimum atomic E-state index is -0.419. The van der Waals surface area contributed by atoms with Crippen molar-refractivity contribution in [3.8, 4) is 0 Å². The summed E-state index contributed by atoms with van der Waals surface area (Å²) in [6.07, 6.45) is 3.37. The first-order valence-corrected chi connectivity index (χ1v) is 11.1. The summed E-state index contributed by atoms with van der Waals surface area (Å²) < 4.78 is 27.5. The minimum Gasteiger partial charge on any atom is -0.309 e. The van der Waals surface area contributed by atoms with Crippen molar-refractivity contribution in [1.29, 1.82) is 0 Å². The van der Waals surface area contributed by atoms with Crippen LogP contribution in [0.2, 0.25) is 0 Å². The topological polar surface area (TPSA) is 36.4 Å². The second kappa shape index (κ2) is 8.30. The maximum atomic E-state index is 14.0. The number of aromatic nitrogens is 1. The summed E-state index contributed by atoms with van der Waals surface area (Å²) in [5.74, 6) is -0.609. The van der Waals surface area contributed by atoms with E-state index in [1.807, 2.05) is 31.0 Å². The van der Waals surface area contributed by atoms with Gasteiger partial charge in [-0.25, -0.2) is 8.78 Å². The lowest BCUT2D eigenvalue weighted by atomic mass is 9.84. The Morgan fingerprint density at radius 2 is 1.87 bits per heavy atom. The maximum Gasteiger partial charge on any atom is 0.230 e. The van der Waals surface area contributed by atoms with Crippen LogP contribution < -0.4 is 4.90 Å². The Labute approximate surface area is 183 Å². The fourth-order valence-electron chi connectivity index (χ4n) is 5.06. The zero-order valence-electron chi connectivity index (χ0n) is 18.8. The number of carbonyl (C=O) groups is 1. The number of hydrogen-bond acceptors (Lipinski definition) is 3. The summed E-state index contributed by atoms with van der Waals surface area (Å²) in [7, 11) is 1.95. The number of fused-ring (bicyclic) bond motifs is 1. The number of halogens is 2. The van der Waals surface area contributed by atoms with E-state index in [9.17, 15) is 13.6 Å². The first-order valence-electron chi connectivity index (χ1n) is 11.1. The molecule has 1 amide bonds. The van der Waals surface area contributed by atoms with E-state index in [0.29, 0.717) is 18.7 Å². The lowest BCUT2D eigenvalue weighted by molar-refractivity contribution is -0.123. The number of rotatable bonds is 4. The van der Waals surface area contributed by atoms with Gasteiger partial charge in [0, 0.05) is 41.7 Å². The molecule has 2 aliphatic rings. The molecule has 4 nitrogen and oxygen atoms in total. The number of hydrogen-bond donors (Lipinski definition) is 0. The van der Waals surface area contributed by atoms with Gasteiger partial charge in [0.2, 0.25) is 5.91 Å². The third kappa shape index (κ3) is 4.36. The van der Waals surface area contributed by atoms with Gasteiger partial charge in [0.05, 0.1) is 11.4 Å². The van der Waals surface area contributed by atoms with Crippen LogP contribution in [0.25, 0.3) is 0 Å². The molecule has 0 bridgehead atoms. The van der Waals surface area contributed by atoms with E-state index in [2.05, 4.69) is 18.7 Å². The highest BCUT2D eigenvalue weighted by molar-refractivity contribution is 5.97. The molecule has 0 radical (unpaired) electrons. The number of amides is 1. The van der Waals surface area contributed by atoms with Crippen molar-refractivity contribution >= 4 is 11.6 Å². The number of pyridine rings is 1. The summed E-state index contributed by atoms with van der Waals surface area (Å²) in [5, 5.41) is 0. The van der Waals surface area contributed by atoms with Gasteiger partial charge in [-0.15, -0.1) is 0 Å². The Hall–Kier alpha value is -2.34. The molecule has 2 heterocycles. The molecule has 1 saturated carbocycles. The fourth-order valence-corrected chi connectivity index (χ4v) is 5.06. The molecule has 1 aliphatic heterocycles. The lowest BCUT2D eigenvalue weighted by Gasteiger charge is -2.35. The molecular weight excluding hydrogens is 396 g/mol. The molecule has 1 aliphatic carbocycles. The Kier molecular flexibility index (Phi) is 5.86. The monoisotopic (exact) mass is 427 g/mol. The molecule has 31 heavy (non-hydrogen) atoms. The normalized spacial score (nSPS) is 22.6. The van der Waals surface area contributed by atoms with Gasteiger partial charge < -0.3 is 4.90 Å². The third-order valence-corrected chi connectivity index (χ3v) is 6.86. The second-order valence-corrected chi connectivity index (χ2v) is 9.78. The summed E-state index contributed by atoms with van der Waals surface area (Å²) >= 11 is 0. The summed E-state index contributed by atoms with van der Waals surface area (Å²) in [6, 6.07) is 7.85. The number of benzene rings is 1. The standard InChI is InChI=1S/C25H31F2N3O/c1-16-5-12-22-23(28-16)25(2,3)15-30(22)24(31)17-6-9-20(10-7-17)29(4)14-18-13-19(26)8-11-21(18)27/h5,8,11-13,17,20H,6-7,9-10,14-15H2,1-4H3/t17-,20-. The van der Waals surface area contributed by atoms with Crippen molar-refractivity contribution in [3.63, 3.8) is 0 Å². The molecule has 0 saturated heterocycles. The van der Waals surface area contributed by atoms with Crippen LogP contribution in [0, 0.1) is 24.5 Å². The van der Waals surface area contributed by atoms with Crippen molar-refractivity contribution in [2.75, 3.05) is 18.5 Å². The van der Waals surface area contributed by atoms with Crippen LogP contribution in [0.5, 0.6) is 0 Å². The van der Waals surface area contributed by atoms with Crippen LogP contribution >= 0.6 is 0 Å². The predicted octanol–water partition coefficient (Wildman–Crippen LogP) is 4.98. The van der Waals surface area contributed by atoms with Gasteiger partial charge in [0.25, 0.3) is 0 Å². The molecular formula is C25H31F2N3O. The quantitative estimate of drug-likeness (QED) is 0.690. The van der Waals surface area contributed by atoms with E-state index in [0.717, 1.165) is 48.8 Å². The van der Waals surface area contributed by atoms with Crippen LogP contribution in [0.4, 0.5) is 14.5 Å². The van der Waals surface area contributed by atoms with Gasteiger partial charge in [-0.2, -0.15) is 0 Å². The molecule has 166 valence electrons. The molecule has 0 unspecified atom stereocenters. The molecule has 1 fully saturated rings. The first kappa shape index (κ1) is 21.9. The summed E-state index contributed by atoms with van der Waals surface area (Å²) in [6.45, 7) is 7.29. The summed E-state index contributed by atoms with van der Waals surface area (Å²) in [5.41, 5.74) is 3.15. The van der Waals surface area contributed by atoms with Crippen LogP contribution in [0.1, 0.15) is 56.5 Å². The van der Waals surface area contributed by atoms with Gasteiger partial charge in [-0.3, -0.25) is 14.7 Å². The average Bonchev–Trinajstić information content (AvgIpc) is 3.00. The molecule has 1 aromatic carbocycles. The third-order valence-electron chi connectivity index (χ3n) is 6.86. The number of nitrogens with zero attached hydrogens (tertiary/aromatic N) is 3. The number of anilines is 1. The molecule has 1 aromatic heterocycles. The van der Waals surface area contributed by atoms with Crippen LogP contribution in [0.3, 0.4) is 0 Å². The maximum absolute atomic E-state index is 14.0. The van der Waals surface area contributed by atoms with Crippen LogP contribution in [-0.4, -0.2) is 35.4 Å². The van der Waals surface area contributed by atoms with Crippen molar-refractivity contribution in [3.05, 3.63) is 58.9 Å². The van der Waals surface area contributed by atoms with E-state index < -0.39 is 5.82 Å². The van der Waals surface area contributed by atoms with Crippen LogP contribution in [-0.2, 0) is 16.8 Å². The number of aryl methyl sites for hydroxylation is 1. The molecule has 0 atom stereocenters. The van der Waals surface area contributed by atoms with Gasteiger partial charge in [0.1, 0.15) is 11.6 Å². The van der Waals surface area contributed by atoms with Crippen molar-refractivity contribution in [1.82, 2.24) is 9.88 Å². The highest BCUT2D eigenvalue weighted by Gasteiger charge is 2.42. The second-order valence-electron chi connectivity index (χ2n) is 9.78. The summed E-state index contributed by atoms with van der Waals surface area (Å²) in [4.78, 5) is 22.1. The van der Waals surface area contributed by atoms with Crippen molar-refractivity contribution < 1.29 is 13.6 Å². The van der Waals surface area contributed by atoms with Gasteiger partial charge in [-0.1, -0.05) is 13.8 Å². The fraction of sp³-hybridized carbons (Fsp3) is 0.520. The minimum absolute atomic E-state index is 0.00129. The Balaban J connectivity index is 1.39. The smallest absolute Gasteiger partial charge is 0.230 e. The van der Waals surface area contributed by atoms with E-state index in [-0.39, 0.29) is 29.1 Å². The van der Waals surface area contributed by atoms with Crippen LogP contribution in [0.15, 0.2) is 30.3 Å². The number of carbonyl (C=O) groups excluding carboxylic acids is 1. The Morgan fingerprint density at radius 3 is 2.58 bits per heavy atom. The first-order chi connectivity index (χ1) is 14.7. The molecule has 0 spiro atoms. The molecule has 0 N–H and O–H groups in total. The zero-order valence-corrected chi connectivity index (χ0v) is 18.8. The van der Waals surface area contributed by atoms with Gasteiger partial charge in [0.15, 0.2) is 0 Å². The van der Waals surface area contributed by atoms with Crippen molar-refractivity contribution in [2.45, 2.75) is 64.5 Å². The Morgan fingerprint density at radius 1 is 1.16 bits per heavy atom. The highest BCUT2D eigenvalue weighted by Crippen LogP contribution is 2.41. The largest absolute Gasteiger partial charge is 0.309 e. The van der Waals surface area contributed by atoms with Gasteiger partial charge in [-0.05, 0) is 70.0 Å². The van der Waals surface area contributed by atoms with Crippen molar-refractivity contribution in [2.24, 2.45) is 5.92 Å². The molecule has 2 aromatic rings. The highest BCUT2D eigenvalue weighted by atomic mass is 19.1. The Bertz CT molecular complexity index is 983. The lowest BCUT2D eigenvalue weighted by Crippen LogP contribution is -2.42.